The summed E-state index contributed by atoms with van der Waals surface area (Å²) in [6, 6.07) is 0. The van der Waals surface area contributed by atoms with Crippen molar-refractivity contribution in [2.75, 3.05) is 26.7 Å². The molecule has 0 aromatic heterocycles. The molecule has 2 N–H and O–H groups in total. The van der Waals surface area contributed by atoms with Crippen LogP contribution in [0.15, 0.2) is 0 Å². The fraction of sp³-hybridized carbons (Fsp3) is 0.900. The van der Waals surface area contributed by atoms with Gasteiger partial charge in [0.05, 0.1) is 6.10 Å². The van der Waals surface area contributed by atoms with Gasteiger partial charge in [-0.15, -0.1) is 12.4 Å². The van der Waals surface area contributed by atoms with Crippen molar-refractivity contribution in [3.05, 3.63) is 0 Å². The minimum Gasteiger partial charge on any atom is -0.376 e. The summed E-state index contributed by atoms with van der Waals surface area (Å²) in [5, 5.41) is 5.91. The third-order valence-corrected chi connectivity index (χ3v) is 2.38. The number of ether oxygens (including phenoxy) is 1. The van der Waals surface area contributed by atoms with E-state index in [2.05, 4.69) is 10.6 Å². The zero-order valence-corrected chi connectivity index (χ0v) is 10.1. The van der Waals surface area contributed by atoms with E-state index in [-0.39, 0.29) is 24.4 Å². The van der Waals surface area contributed by atoms with E-state index < -0.39 is 0 Å². The molecule has 4 nitrogen and oxygen atoms in total. The molecule has 1 atom stereocenters. The van der Waals surface area contributed by atoms with E-state index in [1.807, 2.05) is 7.05 Å². The molecule has 1 aliphatic rings. The third kappa shape index (κ3) is 6.71. The van der Waals surface area contributed by atoms with Crippen LogP contribution in [0.25, 0.3) is 0 Å². The lowest BCUT2D eigenvalue weighted by molar-refractivity contribution is -0.121. The lowest BCUT2D eigenvalue weighted by atomic mass is 10.2. The van der Waals surface area contributed by atoms with Crippen molar-refractivity contribution in [2.45, 2.75) is 31.8 Å². The molecule has 0 aromatic rings. The summed E-state index contributed by atoms with van der Waals surface area (Å²) < 4.78 is 5.40. The molecule has 1 heterocycles. The van der Waals surface area contributed by atoms with Gasteiger partial charge >= 0.3 is 0 Å². The minimum atomic E-state index is 0. The average molecular weight is 237 g/mol. The van der Waals surface area contributed by atoms with Crippen LogP contribution < -0.4 is 10.6 Å². The van der Waals surface area contributed by atoms with Crippen LogP contribution in [-0.2, 0) is 9.53 Å². The maximum absolute atomic E-state index is 11.3. The number of nitrogens with one attached hydrogen (secondary N) is 2. The number of hydrogen-bond acceptors (Lipinski definition) is 3. The van der Waals surface area contributed by atoms with Crippen LogP contribution in [0.1, 0.15) is 25.7 Å². The highest BCUT2D eigenvalue weighted by Crippen LogP contribution is 2.10. The summed E-state index contributed by atoms with van der Waals surface area (Å²) in [7, 11) is 1.89. The predicted octanol–water partition coefficient (Wildman–Crippen LogP) is 0.703. The van der Waals surface area contributed by atoms with E-state index >= 15 is 0 Å². The molecular formula is C10H21ClN2O2. The third-order valence-electron chi connectivity index (χ3n) is 2.38. The van der Waals surface area contributed by atoms with Gasteiger partial charge in [-0.05, 0) is 32.9 Å². The molecule has 1 saturated heterocycles. The highest BCUT2D eigenvalue weighted by molar-refractivity contribution is 5.85. The summed E-state index contributed by atoms with van der Waals surface area (Å²) in [6.45, 7) is 2.42. The molecule has 1 aliphatic heterocycles. The van der Waals surface area contributed by atoms with Gasteiger partial charge in [-0.1, -0.05) is 0 Å². The van der Waals surface area contributed by atoms with Crippen LogP contribution in [-0.4, -0.2) is 38.8 Å². The normalized spacial score (nSPS) is 19.7. The first-order chi connectivity index (χ1) is 6.83. The number of carbonyl (C=O) groups excluding carboxylic acids is 1. The Labute approximate surface area is 97.5 Å². The molecule has 0 saturated carbocycles. The Kier molecular flexibility index (Phi) is 8.76. The van der Waals surface area contributed by atoms with E-state index in [1.54, 1.807) is 0 Å². The lowest BCUT2D eigenvalue weighted by Crippen LogP contribution is -2.31. The van der Waals surface area contributed by atoms with Gasteiger partial charge in [0.25, 0.3) is 0 Å². The van der Waals surface area contributed by atoms with Crippen LogP contribution in [0.4, 0.5) is 0 Å². The van der Waals surface area contributed by atoms with Crippen molar-refractivity contribution in [1.29, 1.82) is 0 Å². The van der Waals surface area contributed by atoms with Gasteiger partial charge in [-0.2, -0.15) is 0 Å². The molecule has 90 valence electrons. The molecule has 0 aromatic carbocycles. The van der Waals surface area contributed by atoms with E-state index in [0.29, 0.717) is 13.0 Å². The molecule has 0 bridgehead atoms. The largest absolute Gasteiger partial charge is 0.376 e. The summed E-state index contributed by atoms with van der Waals surface area (Å²) in [6.07, 6.45) is 3.96. The average Bonchev–Trinajstić information content (AvgIpc) is 2.68. The van der Waals surface area contributed by atoms with Gasteiger partial charge in [0.2, 0.25) is 5.91 Å². The lowest BCUT2D eigenvalue weighted by Gasteiger charge is -2.10. The molecule has 0 radical (unpaired) electrons. The second-order valence-corrected chi connectivity index (χ2v) is 3.65. The van der Waals surface area contributed by atoms with Gasteiger partial charge in [-0.3, -0.25) is 4.79 Å². The van der Waals surface area contributed by atoms with Crippen molar-refractivity contribution in [2.24, 2.45) is 0 Å². The predicted molar refractivity (Wildman–Crippen MR) is 62.4 cm³/mol. The molecule has 5 heteroatoms. The Morgan fingerprint density at radius 2 is 2.33 bits per heavy atom. The first-order valence-corrected chi connectivity index (χ1v) is 5.36. The molecule has 0 spiro atoms. The number of halogens is 1. The zero-order valence-electron chi connectivity index (χ0n) is 9.25. The summed E-state index contributed by atoms with van der Waals surface area (Å²) in [5.41, 5.74) is 0. The smallest absolute Gasteiger partial charge is 0.220 e. The summed E-state index contributed by atoms with van der Waals surface area (Å²) >= 11 is 0. The highest BCUT2D eigenvalue weighted by Gasteiger charge is 2.15. The molecule has 0 aliphatic carbocycles. The Hall–Kier alpha value is -0.320. The number of hydrogen-bond donors (Lipinski definition) is 2. The highest BCUT2D eigenvalue weighted by atomic mass is 35.5. The number of carbonyl (C=O) groups is 1. The zero-order chi connectivity index (χ0) is 10.2. The Balaban J connectivity index is 0.00000196. The minimum absolute atomic E-state index is 0. The van der Waals surface area contributed by atoms with Gasteiger partial charge in [0, 0.05) is 19.6 Å². The number of amides is 1. The molecule has 1 fully saturated rings. The molecule has 15 heavy (non-hydrogen) atoms. The second-order valence-electron chi connectivity index (χ2n) is 3.65. The van der Waals surface area contributed by atoms with Crippen molar-refractivity contribution < 1.29 is 9.53 Å². The summed E-state index contributed by atoms with van der Waals surface area (Å²) in [5.74, 6) is 0.135. The van der Waals surface area contributed by atoms with Crippen molar-refractivity contribution in [3.8, 4) is 0 Å². The van der Waals surface area contributed by atoms with E-state index in [1.165, 1.54) is 0 Å². The van der Waals surface area contributed by atoms with Gasteiger partial charge in [-0.25, -0.2) is 0 Å². The van der Waals surface area contributed by atoms with Crippen LogP contribution in [0.5, 0.6) is 0 Å². The first kappa shape index (κ1) is 14.7. The van der Waals surface area contributed by atoms with Crippen LogP contribution in [0.3, 0.4) is 0 Å². The van der Waals surface area contributed by atoms with E-state index in [4.69, 9.17) is 4.74 Å². The Morgan fingerprint density at radius 1 is 1.53 bits per heavy atom. The van der Waals surface area contributed by atoms with Crippen molar-refractivity contribution >= 4 is 18.3 Å². The van der Waals surface area contributed by atoms with Crippen molar-refractivity contribution in [3.63, 3.8) is 0 Å². The van der Waals surface area contributed by atoms with Gasteiger partial charge in [0.1, 0.15) is 0 Å². The Morgan fingerprint density at radius 3 is 2.93 bits per heavy atom. The first-order valence-electron chi connectivity index (χ1n) is 5.36. The Bertz CT molecular complexity index is 173. The van der Waals surface area contributed by atoms with Gasteiger partial charge < -0.3 is 15.4 Å². The molecule has 1 rings (SSSR count). The maximum atomic E-state index is 11.3. The van der Waals surface area contributed by atoms with E-state index in [0.717, 1.165) is 32.4 Å². The SMILES string of the molecule is CNCCCC(=O)NCC1CCCO1.Cl. The quantitative estimate of drug-likeness (QED) is 0.668. The second kappa shape index (κ2) is 8.95. The fourth-order valence-electron chi connectivity index (χ4n) is 1.55. The topological polar surface area (TPSA) is 50.4 Å². The maximum Gasteiger partial charge on any atom is 0.220 e. The monoisotopic (exact) mass is 236 g/mol. The van der Waals surface area contributed by atoms with Crippen LogP contribution in [0, 0.1) is 0 Å². The van der Waals surface area contributed by atoms with E-state index in [9.17, 15) is 4.79 Å². The molecule has 1 unspecified atom stereocenters. The standard InChI is InChI=1S/C10H20N2O2.ClH/c1-11-6-2-5-10(13)12-8-9-4-3-7-14-9;/h9,11H,2-8H2,1H3,(H,12,13);1H. The van der Waals surface area contributed by atoms with Gasteiger partial charge in [0.15, 0.2) is 0 Å². The molecular weight excluding hydrogens is 216 g/mol. The van der Waals surface area contributed by atoms with Crippen LogP contribution in [0.2, 0.25) is 0 Å². The fourth-order valence-corrected chi connectivity index (χ4v) is 1.55. The van der Waals surface area contributed by atoms with Crippen molar-refractivity contribution in [1.82, 2.24) is 10.6 Å². The molecule has 1 amide bonds. The van der Waals surface area contributed by atoms with Crippen LogP contribution >= 0.6 is 12.4 Å². The summed E-state index contributed by atoms with van der Waals surface area (Å²) in [4.78, 5) is 11.3. The number of rotatable bonds is 6.